The summed E-state index contributed by atoms with van der Waals surface area (Å²) in [6.07, 6.45) is 8.68. The summed E-state index contributed by atoms with van der Waals surface area (Å²) in [7, 11) is -3.61. The summed E-state index contributed by atoms with van der Waals surface area (Å²) >= 11 is 0. The van der Waals surface area contributed by atoms with Crippen LogP contribution in [0.5, 0.6) is 0 Å². The Hall–Kier alpha value is -2.99. The van der Waals surface area contributed by atoms with Crippen molar-refractivity contribution in [2.45, 2.75) is 82.6 Å². The van der Waals surface area contributed by atoms with Crippen LogP contribution >= 0.6 is 0 Å². The molecule has 0 amide bonds. The Kier molecular flexibility index (Phi) is 7.32. The van der Waals surface area contributed by atoms with Gasteiger partial charge < -0.3 is 0 Å². The molecule has 6 heteroatoms. The number of nitrogens with zero attached hydrogens (tertiary/aromatic N) is 3. The number of anilines is 1. The van der Waals surface area contributed by atoms with Gasteiger partial charge in [0.05, 0.1) is 11.4 Å². The lowest BCUT2D eigenvalue weighted by Gasteiger charge is -2.29. The molecule has 5 nitrogen and oxygen atoms in total. The molecule has 2 aromatic carbocycles. The van der Waals surface area contributed by atoms with Crippen molar-refractivity contribution >= 4 is 21.6 Å². The van der Waals surface area contributed by atoms with Crippen molar-refractivity contribution in [2.24, 2.45) is 16.8 Å². The van der Waals surface area contributed by atoms with Gasteiger partial charge in [-0.15, -0.1) is 0 Å². The summed E-state index contributed by atoms with van der Waals surface area (Å²) in [4.78, 5) is 10.1. The van der Waals surface area contributed by atoms with Crippen molar-refractivity contribution in [3.8, 4) is 0 Å². The normalized spacial score (nSPS) is 21.1. The van der Waals surface area contributed by atoms with Gasteiger partial charge in [-0.1, -0.05) is 42.5 Å². The summed E-state index contributed by atoms with van der Waals surface area (Å²) < 4.78 is 28.2. The minimum atomic E-state index is -3.61. The van der Waals surface area contributed by atoms with E-state index in [1.807, 2.05) is 6.07 Å². The molecule has 2 atom stereocenters. The molecule has 2 aliphatic carbocycles. The zero-order chi connectivity index (χ0) is 27.0. The van der Waals surface area contributed by atoms with E-state index in [1.165, 1.54) is 46.0 Å². The summed E-state index contributed by atoms with van der Waals surface area (Å²) in [6.45, 7) is 5.66. The molecule has 2 unspecified atom stereocenters. The van der Waals surface area contributed by atoms with Crippen molar-refractivity contribution < 1.29 is 8.42 Å². The third kappa shape index (κ3) is 5.96. The monoisotopic (exact) mass is 541 g/mol. The van der Waals surface area contributed by atoms with Gasteiger partial charge in [-0.3, -0.25) is 4.99 Å². The standard InChI is InChI=1S/C33H39N3O2S/c1-23-19-25(10-17-32(23)26-11-12-26)22-34-24(2)20-29-21-28(29)14-16-30-15-13-27-7-6-18-36(33(27)35-30)39(37,38)31-8-4-3-5-9-31/h3-5,8-10,13,15,17,19,26,28-29H,6-7,11-12,14,16,18,20-22H2,1-2H3. The van der Waals surface area contributed by atoms with Crippen LogP contribution in [0.25, 0.3) is 0 Å². The maximum atomic E-state index is 13.4. The van der Waals surface area contributed by atoms with Crippen LogP contribution in [0.15, 0.2) is 70.6 Å². The molecule has 1 aromatic heterocycles. The van der Waals surface area contributed by atoms with Crippen LogP contribution in [0.1, 0.15) is 79.3 Å². The Balaban J connectivity index is 1.03. The topological polar surface area (TPSA) is 62.6 Å². The average molecular weight is 542 g/mol. The number of aryl methyl sites for hydroxylation is 3. The van der Waals surface area contributed by atoms with E-state index in [0.29, 0.717) is 29.1 Å². The molecule has 0 radical (unpaired) electrons. The van der Waals surface area contributed by atoms with Crippen LogP contribution in [0.2, 0.25) is 0 Å². The fourth-order valence-electron chi connectivity index (χ4n) is 6.15. The number of rotatable bonds is 10. The summed E-state index contributed by atoms with van der Waals surface area (Å²) in [5.74, 6) is 2.84. The Morgan fingerprint density at radius 1 is 1.05 bits per heavy atom. The third-order valence-electron chi connectivity index (χ3n) is 8.67. The van der Waals surface area contributed by atoms with Gasteiger partial charge in [-0.2, -0.15) is 0 Å². The zero-order valence-electron chi connectivity index (χ0n) is 23.1. The summed E-state index contributed by atoms with van der Waals surface area (Å²) in [5, 5.41) is 0. The number of aromatic nitrogens is 1. The van der Waals surface area contributed by atoms with Gasteiger partial charge in [0.1, 0.15) is 5.82 Å². The molecule has 39 heavy (non-hydrogen) atoms. The molecular weight excluding hydrogens is 502 g/mol. The molecular formula is C33H39N3O2S. The molecule has 0 bridgehead atoms. The van der Waals surface area contributed by atoms with Crippen LogP contribution in [-0.4, -0.2) is 25.7 Å². The van der Waals surface area contributed by atoms with E-state index in [2.05, 4.69) is 44.2 Å². The lowest BCUT2D eigenvalue weighted by molar-refractivity contribution is 0.585. The van der Waals surface area contributed by atoms with Gasteiger partial charge in [0, 0.05) is 18.0 Å². The second-order valence-corrected chi connectivity index (χ2v) is 13.7. The Labute approximate surface area is 233 Å². The summed E-state index contributed by atoms with van der Waals surface area (Å²) in [5.41, 5.74) is 7.52. The first-order chi connectivity index (χ1) is 18.9. The van der Waals surface area contributed by atoms with E-state index in [4.69, 9.17) is 9.98 Å². The highest BCUT2D eigenvalue weighted by Crippen LogP contribution is 2.45. The minimum Gasteiger partial charge on any atom is -0.290 e. The molecule has 0 spiro atoms. The van der Waals surface area contributed by atoms with Gasteiger partial charge in [-0.05, 0) is 123 Å². The predicted octanol–water partition coefficient (Wildman–Crippen LogP) is 7.03. The smallest absolute Gasteiger partial charge is 0.265 e. The van der Waals surface area contributed by atoms with E-state index in [0.717, 1.165) is 55.8 Å². The van der Waals surface area contributed by atoms with Gasteiger partial charge in [0.2, 0.25) is 0 Å². The SMILES string of the molecule is CC(CC1CC1CCc1ccc2c(n1)N(S(=O)(=O)c1ccccc1)CCC2)=NCc1ccc(C2CC2)c(C)c1. The van der Waals surface area contributed by atoms with Crippen LogP contribution < -0.4 is 4.31 Å². The molecule has 2 fully saturated rings. The Bertz CT molecular complexity index is 1480. The fraction of sp³-hybridized carbons (Fsp3) is 0.455. The van der Waals surface area contributed by atoms with Gasteiger partial charge in [0.15, 0.2) is 0 Å². The maximum absolute atomic E-state index is 13.4. The van der Waals surface area contributed by atoms with E-state index >= 15 is 0 Å². The molecule has 204 valence electrons. The van der Waals surface area contributed by atoms with E-state index < -0.39 is 10.0 Å². The van der Waals surface area contributed by atoms with Crippen molar-refractivity contribution in [3.05, 3.63) is 88.6 Å². The first-order valence-corrected chi connectivity index (χ1v) is 16.0. The van der Waals surface area contributed by atoms with Crippen molar-refractivity contribution in [1.82, 2.24) is 4.98 Å². The molecule has 1 aliphatic heterocycles. The van der Waals surface area contributed by atoms with Crippen LogP contribution in [-0.2, 0) is 29.4 Å². The number of aliphatic imine (C=N–C) groups is 1. The number of pyridine rings is 1. The largest absolute Gasteiger partial charge is 0.290 e. The Morgan fingerprint density at radius 2 is 1.87 bits per heavy atom. The molecule has 3 aromatic rings. The van der Waals surface area contributed by atoms with Gasteiger partial charge in [-0.25, -0.2) is 17.7 Å². The third-order valence-corrected chi connectivity index (χ3v) is 10.5. The Morgan fingerprint density at radius 3 is 2.64 bits per heavy atom. The highest BCUT2D eigenvalue weighted by Gasteiger charge is 2.37. The second-order valence-electron chi connectivity index (χ2n) is 11.8. The van der Waals surface area contributed by atoms with Crippen molar-refractivity contribution in [1.29, 1.82) is 0 Å². The number of benzene rings is 2. The molecule has 0 saturated heterocycles. The van der Waals surface area contributed by atoms with Crippen LogP contribution in [0.3, 0.4) is 0 Å². The van der Waals surface area contributed by atoms with Gasteiger partial charge in [0.25, 0.3) is 10.0 Å². The van der Waals surface area contributed by atoms with Crippen LogP contribution in [0.4, 0.5) is 5.82 Å². The molecule has 2 heterocycles. The molecule has 0 N–H and O–H groups in total. The molecule has 2 saturated carbocycles. The highest BCUT2D eigenvalue weighted by molar-refractivity contribution is 7.92. The quantitative estimate of drug-likeness (QED) is 0.259. The number of hydrogen-bond donors (Lipinski definition) is 0. The first-order valence-electron chi connectivity index (χ1n) is 14.5. The van der Waals surface area contributed by atoms with E-state index in [-0.39, 0.29) is 0 Å². The van der Waals surface area contributed by atoms with E-state index in [1.54, 1.807) is 24.3 Å². The minimum absolute atomic E-state index is 0.327. The molecule has 3 aliphatic rings. The number of sulfonamides is 1. The lowest BCUT2D eigenvalue weighted by Crippen LogP contribution is -2.36. The van der Waals surface area contributed by atoms with Crippen molar-refractivity contribution in [2.75, 3.05) is 10.8 Å². The predicted molar refractivity (Wildman–Crippen MR) is 158 cm³/mol. The summed E-state index contributed by atoms with van der Waals surface area (Å²) in [6, 6.07) is 19.8. The maximum Gasteiger partial charge on any atom is 0.265 e. The number of fused-ring (bicyclic) bond motifs is 1. The fourth-order valence-corrected chi connectivity index (χ4v) is 7.66. The second kappa shape index (κ2) is 10.9. The van der Waals surface area contributed by atoms with E-state index in [9.17, 15) is 8.42 Å². The lowest BCUT2D eigenvalue weighted by atomic mass is 10.0. The van der Waals surface area contributed by atoms with Crippen molar-refractivity contribution in [3.63, 3.8) is 0 Å². The van der Waals surface area contributed by atoms with Gasteiger partial charge >= 0.3 is 0 Å². The van der Waals surface area contributed by atoms with Crippen LogP contribution in [0, 0.1) is 18.8 Å². The highest BCUT2D eigenvalue weighted by atomic mass is 32.2. The average Bonchev–Trinajstić information content (AvgIpc) is 3.88. The number of hydrogen-bond acceptors (Lipinski definition) is 4. The molecule has 6 rings (SSSR count). The first kappa shape index (κ1) is 26.2. The zero-order valence-corrected chi connectivity index (χ0v) is 24.0.